The molecule has 2 amide bonds. The number of amides is 2. The third-order valence-electron chi connectivity index (χ3n) is 6.11. The first-order chi connectivity index (χ1) is 17.2. The fourth-order valence-corrected chi connectivity index (χ4v) is 5.28. The van der Waals surface area contributed by atoms with E-state index in [-0.39, 0.29) is 18.4 Å². The summed E-state index contributed by atoms with van der Waals surface area (Å²) in [4.78, 5) is 36.8. The topological polar surface area (TPSA) is 87.3 Å². The number of aromatic nitrogens is 2. The number of benzene rings is 2. The second-order valence-electron chi connectivity index (χ2n) is 8.61. The third kappa shape index (κ3) is 5.54. The van der Waals surface area contributed by atoms with Crippen LogP contribution in [0.15, 0.2) is 60.7 Å². The van der Waals surface area contributed by atoms with Crippen LogP contribution in [-0.4, -0.2) is 52.9 Å². The molecule has 8 heteroatoms. The van der Waals surface area contributed by atoms with E-state index < -0.39 is 0 Å². The highest BCUT2D eigenvalue weighted by Crippen LogP contribution is 2.36. The maximum absolute atomic E-state index is 13.1. The van der Waals surface area contributed by atoms with Crippen LogP contribution >= 0.6 is 11.3 Å². The minimum absolute atomic E-state index is 0.0339. The Morgan fingerprint density at radius 1 is 1.03 bits per heavy atom. The van der Waals surface area contributed by atoms with Gasteiger partial charge in [-0.25, -0.2) is 4.98 Å². The lowest BCUT2D eigenvalue weighted by atomic mass is 10.1. The summed E-state index contributed by atoms with van der Waals surface area (Å²) in [6, 6.07) is 19.6. The molecule has 35 heavy (non-hydrogen) atoms. The smallest absolute Gasteiger partial charge is 0.265 e. The molecule has 0 atom stereocenters. The molecule has 0 unspecified atom stereocenters. The minimum atomic E-state index is -0.214. The lowest BCUT2D eigenvalue weighted by Gasteiger charge is -2.26. The summed E-state index contributed by atoms with van der Waals surface area (Å²) in [6.07, 6.45) is 3.80. The largest absolute Gasteiger partial charge is 0.482 e. The summed E-state index contributed by atoms with van der Waals surface area (Å²) in [6.45, 7) is 1.92. The number of para-hydroxylation sites is 2. The van der Waals surface area contributed by atoms with Gasteiger partial charge in [0, 0.05) is 30.9 Å². The molecule has 1 aliphatic rings. The van der Waals surface area contributed by atoms with E-state index in [1.165, 1.54) is 11.3 Å². The first-order valence-electron chi connectivity index (χ1n) is 12.0. The lowest BCUT2D eigenvalue weighted by Crippen LogP contribution is -2.38. The molecule has 3 heterocycles. The van der Waals surface area contributed by atoms with Gasteiger partial charge in [-0.15, -0.1) is 11.3 Å². The number of hydrogen-bond donors (Lipinski definition) is 2. The zero-order chi connectivity index (χ0) is 24.0. The van der Waals surface area contributed by atoms with E-state index in [1.807, 2.05) is 65.6 Å². The van der Waals surface area contributed by atoms with Crippen molar-refractivity contribution in [3.63, 3.8) is 0 Å². The zero-order valence-corrected chi connectivity index (χ0v) is 20.3. The SMILES string of the molecule is O=C(NCCc1nc2ccccc2[nH]1)c1sc(-c2ccccc2)cc1OCC(=O)N1CCCCC1. The Kier molecular flexibility index (Phi) is 7.09. The van der Waals surface area contributed by atoms with Crippen molar-refractivity contribution in [1.82, 2.24) is 20.2 Å². The number of fused-ring (bicyclic) bond motifs is 1. The molecule has 2 aromatic heterocycles. The monoisotopic (exact) mass is 488 g/mol. The van der Waals surface area contributed by atoms with Crippen molar-refractivity contribution in [3.05, 3.63) is 71.4 Å². The maximum atomic E-state index is 13.1. The third-order valence-corrected chi connectivity index (χ3v) is 7.27. The van der Waals surface area contributed by atoms with Crippen molar-refractivity contribution in [1.29, 1.82) is 0 Å². The van der Waals surface area contributed by atoms with E-state index in [4.69, 9.17) is 4.74 Å². The molecule has 2 N–H and O–H groups in total. The minimum Gasteiger partial charge on any atom is -0.482 e. The average molecular weight is 489 g/mol. The van der Waals surface area contributed by atoms with Crippen LogP contribution in [0.2, 0.25) is 0 Å². The highest BCUT2D eigenvalue weighted by molar-refractivity contribution is 7.17. The molecule has 1 aliphatic heterocycles. The number of imidazole rings is 1. The number of rotatable bonds is 8. The van der Waals surface area contributed by atoms with Crippen molar-refractivity contribution in [2.75, 3.05) is 26.2 Å². The van der Waals surface area contributed by atoms with Gasteiger partial charge >= 0.3 is 0 Å². The van der Waals surface area contributed by atoms with Crippen LogP contribution in [0.5, 0.6) is 5.75 Å². The number of nitrogens with zero attached hydrogens (tertiary/aromatic N) is 2. The number of carbonyl (C=O) groups is 2. The first-order valence-corrected chi connectivity index (χ1v) is 12.8. The van der Waals surface area contributed by atoms with E-state index in [0.717, 1.165) is 59.7 Å². The first kappa shape index (κ1) is 23.1. The number of aromatic amines is 1. The van der Waals surface area contributed by atoms with Gasteiger partial charge in [0.25, 0.3) is 11.8 Å². The van der Waals surface area contributed by atoms with Gasteiger partial charge in [-0.3, -0.25) is 9.59 Å². The van der Waals surface area contributed by atoms with Gasteiger partial charge in [0.2, 0.25) is 0 Å². The molecule has 1 saturated heterocycles. The average Bonchev–Trinajstić information content (AvgIpc) is 3.52. The Morgan fingerprint density at radius 3 is 2.60 bits per heavy atom. The summed E-state index contributed by atoms with van der Waals surface area (Å²) >= 11 is 1.37. The van der Waals surface area contributed by atoms with Gasteiger partial charge in [-0.05, 0) is 43.0 Å². The number of thiophene rings is 1. The van der Waals surface area contributed by atoms with Crippen molar-refractivity contribution >= 4 is 34.2 Å². The van der Waals surface area contributed by atoms with Gasteiger partial charge < -0.3 is 19.9 Å². The number of H-pyrrole nitrogens is 1. The van der Waals surface area contributed by atoms with Crippen LogP contribution in [-0.2, 0) is 11.2 Å². The quantitative estimate of drug-likeness (QED) is 0.378. The normalized spacial score (nSPS) is 13.7. The molecule has 4 aromatic rings. The Balaban J connectivity index is 1.27. The van der Waals surface area contributed by atoms with Crippen LogP contribution in [0, 0.1) is 0 Å². The van der Waals surface area contributed by atoms with Gasteiger partial charge in [-0.1, -0.05) is 42.5 Å². The molecule has 180 valence electrons. The van der Waals surface area contributed by atoms with Crippen molar-refractivity contribution in [2.45, 2.75) is 25.7 Å². The number of hydrogen-bond acceptors (Lipinski definition) is 5. The van der Waals surface area contributed by atoms with Crippen LogP contribution in [0.1, 0.15) is 34.8 Å². The fraction of sp³-hybridized carbons (Fsp3) is 0.296. The van der Waals surface area contributed by atoms with E-state index in [0.29, 0.717) is 23.6 Å². The van der Waals surface area contributed by atoms with Crippen LogP contribution < -0.4 is 10.1 Å². The number of ether oxygens (including phenoxy) is 1. The van der Waals surface area contributed by atoms with Crippen LogP contribution in [0.3, 0.4) is 0 Å². The molecular formula is C27H28N4O3S. The highest BCUT2D eigenvalue weighted by Gasteiger charge is 2.22. The standard InChI is InChI=1S/C27H28N4O3S/c32-25(31-15-7-2-8-16-31)18-34-22-17-23(19-9-3-1-4-10-19)35-26(22)27(33)28-14-13-24-29-20-11-5-6-12-21(20)30-24/h1,3-6,9-12,17H,2,7-8,13-16,18H2,(H,28,33)(H,29,30). The summed E-state index contributed by atoms with van der Waals surface area (Å²) < 4.78 is 5.92. The van der Waals surface area contributed by atoms with Crippen molar-refractivity contribution < 1.29 is 14.3 Å². The van der Waals surface area contributed by atoms with E-state index in [2.05, 4.69) is 15.3 Å². The molecular weight excluding hydrogens is 460 g/mol. The van der Waals surface area contributed by atoms with E-state index in [1.54, 1.807) is 0 Å². The van der Waals surface area contributed by atoms with Crippen molar-refractivity contribution in [3.8, 4) is 16.2 Å². The second-order valence-corrected chi connectivity index (χ2v) is 9.66. The molecule has 2 aromatic carbocycles. The molecule has 0 saturated carbocycles. The molecule has 7 nitrogen and oxygen atoms in total. The van der Waals surface area contributed by atoms with Gasteiger partial charge in [0.15, 0.2) is 6.61 Å². The predicted octanol–water partition coefficient (Wildman–Crippen LogP) is 4.66. The molecule has 0 radical (unpaired) electrons. The van der Waals surface area contributed by atoms with Gasteiger partial charge in [0.05, 0.1) is 11.0 Å². The van der Waals surface area contributed by atoms with Crippen LogP contribution in [0.4, 0.5) is 0 Å². The number of likely N-dealkylation sites (tertiary alicyclic amines) is 1. The summed E-state index contributed by atoms with van der Waals surface area (Å²) in [5, 5.41) is 2.98. The van der Waals surface area contributed by atoms with Crippen LogP contribution in [0.25, 0.3) is 21.5 Å². The Morgan fingerprint density at radius 2 is 1.80 bits per heavy atom. The molecule has 0 aliphatic carbocycles. The maximum Gasteiger partial charge on any atom is 0.265 e. The number of carbonyl (C=O) groups excluding carboxylic acids is 2. The zero-order valence-electron chi connectivity index (χ0n) is 19.5. The Hall–Kier alpha value is -3.65. The lowest BCUT2D eigenvalue weighted by molar-refractivity contribution is -0.134. The molecule has 0 spiro atoms. The van der Waals surface area contributed by atoms with E-state index in [9.17, 15) is 9.59 Å². The Labute approximate surface area is 208 Å². The number of piperidine rings is 1. The molecule has 5 rings (SSSR count). The Bertz CT molecular complexity index is 1280. The number of nitrogens with one attached hydrogen (secondary N) is 2. The highest BCUT2D eigenvalue weighted by atomic mass is 32.1. The van der Waals surface area contributed by atoms with Gasteiger partial charge in [-0.2, -0.15) is 0 Å². The van der Waals surface area contributed by atoms with E-state index >= 15 is 0 Å². The fourth-order valence-electron chi connectivity index (χ4n) is 4.26. The van der Waals surface area contributed by atoms with Gasteiger partial charge in [0.1, 0.15) is 16.5 Å². The summed E-state index contributed by atoms with van der Waals surface area (Å²) in [5.41, 5.74) is 2.90. The van der Waals surface area contributed by atoms with Crippen molar-refractivity contribution in [2.24, 2.45) is 0 Å². The summed E-state index contributed by atoms with van der Waals surface area (Å²) in [7, 11) is 0. The predicted molar refractivity (Wildman–Crippen MR) is 138 cm³/mol. The second kappa shape index (κ2) is 10.7. The molecule has 0 bridgehead atoms. The molecule has 1 fully saturated rings. The summed E-state index contributed by atoms with van der Waals surface area (Å²) in [5.74, 6) is 1.02.